The molecule has 0 aliphatic carbocycles. The summed E-state index contributed by atoms with van der Waals surface area (Å²) in [5.74, 6) is -0.828. The lowest BCUT2D eigenvalue weighted by atomic mass is 10.2. The summed E-state index contributed by atoms with van der Waals surface area (Å²) >= 11 is 6.04. The van der Waals surface area contributed by atoms with Gasteiger partial charge < -0.3 is 19.2 Å². The van der Waals surface area contributed by atoms with Crippen LogP contribution in [0.2, 0.25) is 5.02 Å². The van der Waals surface area contributed by atoms with Gasteiger partial charge in [0.05, 0.1) is 0 Å². The first-order valence-corrected chi connectivity index (χ1v) is 9.17. The monoisotopic (exact) mass is 415 g/mol. The highest BCUT2D eigenvalue weighted by atomic mass is 35.5. The van der Waals surface area contributed by atoms with E-state index in [-0.39, 0.29) is 6.54 Å². The SMILES string of the molecule is CC(OC(=O)COc1ccc2ccc(=O)oc2c1)C(=O)NCc1ccccc1Cl. The minimum atomic E-state index is -0.997. The van der Waals surface area contributed by atoms with Crippen molar-refractivity contribution in [2.75, 3.05) is 6.61 Å². The molecule has 0 saturated carbocycles. The van der Waals surface area contributed by atoms with Crippen LogP contribution in [-0.2, 0) is 20.9 Å². The predicted molar refractivity (Wildman–Crippen MR) is 107 cm³/mol. The zero-order valence-corrected chi connectivity index (χ0v) is 16.3. The van der Waals surface area contributed by atoms with E-state index in [1.165, 1.54) is 19.1 Å². The number of esters is 1. The van der Waals surface area contributed by atoms with Crippen LogP contribution in [-0.4, -0.2) is 24.6 Å². The molecule has 1 aromatic heterocycles. The topological polar surface area (TPSA) is 94.8 Å². The van der Waals surface area contributed by atoms with Crippen LogP contribution in [0.4, 0.5) is 0 Å². The fourth-order valence-electron chi connectivity index (χ4n) is 2.53. The first kappa shape index (κ1) is 20.4. The predicted octanol–water partition coefficient (Wildman–Crippen LogP) is 3.07. The third-order valence-electron chi connectivity index (χ3n) is 4.04. The van der Waals surface area contributed by atoms with Crippen molar-refractivity contribution in [3.63, 3.8) is 0 Å². The van der Waals surface area contributed by atoms with Crippen LogP contribution in [0, 0.1) is 0 Å². The maximum Gasteiger partial charge on any atom is 0.344 e. The Morgan fingerprint density at radius 3 is 2.69 bits per heavy atom. The lowest BCUT2D eigenvalue weighted by Gasteiger charge is -2.14. The molecule has 1 heterocycles. The van der Waals surface area contributed by atoms with Gasteiger partial charge in [-0.1, -0.05) is 29.8 Å². The first-order valence-electron chi connectivity index (χ1n) is 8.79. The minimum Gasteiger partial charge on any atom is -0.482 e. The fourth-order valence-corrected chi connectivity index (χ4v) is 2.73. The molecule has 1 atom stereocenters. The molecule has 3 rings (SSSR count). The number of fused-ring (bicyclic) bond motifs is 1. The van der Waals surface area contributed by atoms with Crippen LogP contribution in [0.1, 0.15) is 12.5 Å². The van der Waals surface area contributed by atoms with Crippen LogP contribution >= 0.6 is 11.6 Å². The minimum absolute atomic E-state index is 0.221. The van der Waals surface area contributed by atoms with Gasteiger partial charge in [-0.05, 0) is 36.8 Å². The van der Waals surface area contributed by atoms with Crippen molar-refractivity contribution in [2.24, 2.45) is 0 Å². The van der Waals surface area contributed by atoms with Gasteiger partial charge in [0.25, 0.3) is 5.91 Å². The number of carbonyl (C=O) groups is 2. The summed E-state index contributed by atoms with van der Waals surface area (Å²) in [4.78, 5) is 35.3. The number of amides is 1. The molecule has 0 spiro atoms. The second kappa shape index (κ2) is 9.25. The lowest BCUT2D eigenvalue weighted by molar-refractivity contribution is -0.156. The second-order valence-corrected chi connectivity index (χ2v) is 6.59. The summed E-state index contributed by atoms with van der Waals surface area (Å²) < 4.78 is 15.5. The second-order valence-electron chi connectivity index (χ2n) is 6.18. The summed E-state index contributed by atoms with van der Waals surface area (Å²) in [6.45, 7) is 1.29. The largest absolute Gasteiger partial charge is 0.482 e. The molecule has 0 aliphatic rings. The van der Waals surface area contributed by atoms with Gasteiger partial charge >= 0.3 is 11.6 Å². The molecule has 1 N–H and O–H groups in total. The van der Waals surface area contributed by atoms with E-state index < -0.39 is 30.2 Å². The van der Waals surface area contributed by atoms with Crippen molar-refractivity contribution in [3.05, 3.63) is 75.6 Å². The van der Waals surface area contributed by atoms with Crippen LogP contribution in [0.5, 0.6) is 5.75 Å². The Balaban J connectivity index is 1.49. The molecule has 8 heteroatoms. The van der Waals surface area contributed by atoms with E-state index in [0.29, 0.717) is 16.4 Å². The molecule has 0 radical (unpaired) electrons. The van der Waals surface area contributed by atoms with E-state index in [9.17, 15) is 14.4 Å². The highest BCUT2D eigenvalue weighted by molar-refractivity contribution is 6.31. The summed E-state index contributed by atoms with van der Waals surface area (Å²) in [5.41, 5.74) is 0.619. The Hall–Kier alpha value is -3.32. The van der Waals surface area contributed by atoms with E-state index in [1.54, 1.807) is 36.4 Å². The van der Waals surface area contributed by atoms with Gasteiger partial charge in [0.15, 0.2) is 12.7 Å². The maximum atomic E-state index is 12.1. The molecule has 150 valence electrons. The summed E-state index contributed by atoms with van der Waals surface area (Å²) in [5, 5.41) is 3.92. The number of nitrogens with one attached hydrogen (secondary N) is 1. The third kappa shape index (κ3) is 5.58. The summed E-state index contributed by atoms with van der Waals surface area (Å²) in [6.07, 6.45) is -0.997. The summed E-state index contributed by atoms with van der Waals surface area (Å²) in [6, 6.07) is 14.9. The van der Waals surface area contributed by atoms with Crippen LogP contribution in [0.15, 0.2) is 63.8 Å². The highest BCUT2D eigenvalue weighted by Gasteiger charge is 2.18. The molecular formula is C21H18ClNO6. The van der Waals surface area contributed by atoms with Crippen molar-refractivity contribution in [1.29, 1.82) is 0 Å². The number of halogens is 1. The summed E-state index contributed by atoms with van der Waals surface area (Å²) in [7, 11) is 0. The Labute approximate surface area is 171 Å². The number of hydrogen-bond acceptors (Lipinski definition) is 6. The average Bonchev–Trinajstić information content (AvgIpc) is 2.71. The van der Waals surface area contributed by atoms with Gasteiger partial charge in [0.1, 0.15) is 11.3 Å². The number of rotatable bonds is 7. The molecule has 29 heavy (non-hydrogen) atoms. The van der Waals surface area contributed by atoms with Crippen molar-refractivity contribution in [1.82, 2.24) is 5.32 Å². The first-order chi connectivity index (χ1) is 13.9. The van der Waals surface area contributed by atoms with Crippen molar-refractivity contribution in [2.45, 2.75) is 19.6 Å². The lowest BCUT2D eigenvalue weighted by Crippen LogP contribution is -2.36. The standard InChI is InChI=1S/C21H18ClNO6/c1-13(21(26)23-11-15-4-2-3-5-17(15)22)28-20(25)12-27-16-8-6-14-7-9-19(24)29-18(14)10-16/h2-10,13H,11-12H2,1H3,(H,23,26). The maximum absolute atomic E-state index is 12.1. The van der Waals surface area contributed by atoms with Crippen molar-refractivity contribution in [3.8, 4) is 5.75 Å². The highest BCUT2D eigenvalue weighted by Crippen LogP contribution is 2.19. The zero-order valence-electron chi connectivity index (χ0n) is 15.5. The Bertz CT molecular complexity index is 1090. The van der Waals surface area contributed by atoms with Gasteiger partial charge in [-0.2, -0.15) is 0 Å². The van der Waals surface area contributed by atoms with Gasteiger partial charge in [-0.3, -0.25) is 4.79 Å². The molecule has 2 aromatic carbocycles. The molecule has 1 amide bonds. The average molecular weight is 416 g/mol. The van der Waals surface area contributed by atoms with Crippen molar-refractivity contribution < 1.29 is 23.5 Å². The Morgan fingerprint density at radius 1 is 1.14 bits per heavy atom. The van der Waals surface area contributed by atoms with Gasteiger partial charge in [0.2, 0.25) is 0 Å². The molecule has 0 fully saturated rings. The molecule has 0 aliphatic heterocycles. The van der Waals surface area contributed by atoms with Crippen LogP contribution < -0.4 is 15.7 Å². The van der Waals surface area contributed by atoms with E-state index in [2.05, 4.69) is 5.32 Å². The van der Waals surface area contributed by atoms with E-state index in [1.807, 2.05) is 6.07 Å². The number of benzene rings is 2. The molecular weight excluding hydrogens is 398 g/mol. The third-order valence-corrected chi connectivity index (χ3v) is 4.41. The zero-order chi connectivity index (χ0) is 20.8. The normalized spacial score (nSPS) is 11.7. The number of hydrogen-bond donors (Lipinski definition) is 1. The number of ether oxygens (including phenoxy) is 2. The Morgan fingerprint density at radius 2 is 1.90 bits per heavy atom. The van der Waals surface area contributed by atoms with Gasteiger partial charge in [-0.25, -0.2) is 9.59 Å². The Kier molecular flexibility index (Phi) is 6.51. The van der Waals surface area contributed by atoms with Crippen LogP contribution in [0.25, 0.3) is 11.0 Å². The van der Waals surface area contributed by atoms with E-state index >= 15 is 0 Å². The smallest absolute Gasteiger partial charge is 0.344 e. The molecule has 0 saturated heterocycles. The van der Waals surface area contributed by atoms with E-state index in [0.717, 1.165) is 10.9 Å². The quantitative estimate of drug-likeness (QED) is 0.470. The molecule has 1 unspecified atom stereocenters. The molecule has 0 bridgehead atoms. The molecule has 3 aromatic rings. The number of carbonyl (C=O) groups excluding carboxylic acids is 2. The van der Waals surface area contributed by atoms with Crippen molar-refractivity contribution >= 4 is 34.4 Å². The van der Waals surface area contributed by atoms with Gasteiger partial charge in [-0.15, -0.1) is 0 Å². The fraction of sp³-hybridized carbons (Fsp3) is 0.190. The molecule has 7 nitrogen and oxygen atoms in total. The van der Waals surface area contributed by atoms with E-state index in [4.69, 9.17) is 25.5 Å². The van der Waals surface area contributed by atoms with Crippen LogP contribution in [0.3, 0.4) is 0 Å². The van der Waals surface area contributed by atoms with Gasteiger partial charge in [0, 0.05) is 29.1 Å².